The second-order valence-corrected chi connectivity index (χ2v) is 7.60. The number of nitrogens with zero attached hydrogens (tertiary/aromatic N) is 4. The van der Waals surface area contributed by atoms with Crippen molar-refractivity contribution in [1.82, 2.24) is 20.0 Å². The summed E-state index contributed by atoms with van der Waals surface area (Å²) in [7, 11) is 1.33. The number of nitrogens with two attached hydrogens (primary N) is 1. The molecule has 2 aromatic carbocycles. The Hall–Kier alpha value is -4.27. The van der Waals surface area contributed by atoms with Gasteiger partial charge in [0.1, 0.15) is 16.9 Å². The molecule has 0 aliphatic heterocycles. The van der Waals surface area contributed by atoms with E-state index in [-0.39, 0.29) is 23.3 Å². The number of aromatic nitrogens is 3. The third-order valence-corrected chi connectivity index (χ3v) is 5.34. The number of esters is 1. The molecule has 0 aliphatic carbocycles. The van der Waals surface area contributed by atoms with E-state index in [0.29, 0.717) is 27.8 Å². The first-order chi connectivity index (χ1) is 15.9. The third kappa shape index (κ3) is 4.25. The van der Waals surface area contributed by atoms with Crippen molar-refractivity contribution in [2.45, 2.75) is 26.3 Å². The zero-order valence-electron chi connectivity index (χ0n) is 18.6. The molecule has 4 aromatic rings. The van der Waals surface area contributed by atoms with Crippen molar-refractivity contribution in [3.63, 3.8) is 0 Å². The molecule has 0 fully saturated rings. The van der Waals surface area contributed by atoms with Gasteiger partial charge in [-0.15, -0.1) is 0 Å². The molecule has 0 spiro atoms. The minimum Gasteiger partial charge on any atom is -0.465 e. The van der Waals surface area contributed by atoms with Gasteiger partial charge in [-0.2, -0.15) is 9.78 Å². The van der Waals surface area contributed by atoms with Crippen molar-refractivity contribution in [1.29, 1.82) is 0 Å². The molecule has 2 heterocycles. The highest BCUT2D eigenvalue weighted by Gasteiger charge is 2.24. The maximum absolute atomic E-state index is 13.0. The van der Waals surface area contributed by atoms with Gasteiger partial charge < -0.3 is 15.8 Å². The van der Waals surface area contributed by atoms with Crippen molar-refractivity contribution < 1.29 is 14.3 Å². The van der Waals surface area contributed by atoms with Crippen LogP contribution in [0.1, 0.15) is 46.5 Å². The highest BCUT2D eigenvalue weighted by Crippen LogP contribution is 2.28. The van der Waals surface area contributed by atoms with Crippen molar-refractivity contribution in [2.75, 3.05) is 12.8 Å². The SMILES string of the molecule is CC[C@@H](C)NC(=O)c1c(N)n(/N=C\c2ccc(C(=O)OC)cc2)c2nc3ccccc3nc12. The van der Waals surface area contributed by atoms with Gasteiger partial charge >= 0.3 is 5.97 Å². The van der Waals surface area contributed by atoms with Gasteiger partial charge in [-0.05, 0) is 43.2 Å². The van der Waals surface area contributed by atoms with Crippen molar-refractivity contribution in [2.24, 2.45) is 5.10 Å². The van der Waals surface area contributed by atoms with E-state index in [0.717, 1.165) is 12.0 Å². The number of nitrogen functional groups attached to an aromatic ring is 1. The molecule has 0 unspecified atom stereocenters. The standard InChI is InChI=1S/C24H24N6O3/c1-4-14(2)27-23(31)19-20-22(29-18-8-6-5-7-17(18)28-20)30(21(19)25)26-13-15-9-11-16(12-10-15)24(32)33-3/h5-14H,4,25H2,1-3H3,(H,27,31)/b26-13-/t14-/m1/s1. The number of amides is 1. The monoisotopic (exact) mass is 444 g/mol. The maximum Gasteiger partial charge on any atom is 0.337 e. The van der Waals surface area contributed by atoms with Gasteiger partial charge in [0.25, 0.3) is 5.91 Å². The molecule has 9 heteroatoms. The molecule has 0 saturated heterocycles. The number of hydrogen-bond acceptors (Lipinski definition) is 7. The lowest BCUT2D eigenvalue weighted by atomic mass is 10.1. The molecule has 0 radical (unpaired) electrons. The van der Waals surface area contributed by atoms with Crippen molar-refractivity contribution >= 4 is 46.1 Å². The van der Waals surface area contributed by atoms with Crippen LogP contribution in [0.2, 0.25) is 0 Å². The molecule has 168 valence electrons. The average Bonchev–Trinajstić information content (AvgIpc) is 3.10. The Morgan fingerprint density at radius 1 is 1.15 bits per heavy atom. The molecular weight excluding hydrogens is 420 g/mol. The van der Waals surface area contributed by atoms with Crippen LogP contribution in [0.5, 0.6) is 0 Å². The molecule has 2 aromatic heterocycles. The molecule has 33 heavy (non-hydrogen) atoms. The molecule has 0 bridgehead atoms. The Kier molecular flexibility index (Phi) is 6.03. The molecule has 9 nitrogen and oxygen atoms in total. The van der Waals surface area contributed by atoms with Gasteiger partial charge in [0.2, 0.25) is 0 Å². The van der Waals surface area contributed by atoms with E-state index in [9.17, 15) is 9.59 Å². The Morgan fingerprint density at radius 2 is 1.82 bits per heavy atom. The maximum atomic E-state index is 13.0. The third-order valence-electron chi connectivity index (χ3n) is 5.34. The van der Waals surface area contributed by atoms with E-state index in [2.05, 4.69) is 20.4 Å². The van der Waals surface area contributed by atoms with Crippen LogP contribution in [0.4, 0.5) is 5.82 Å². The number of anilines is 1. The summed E-state index contributed by atoms with van der Waals surface area (Å²) < 4.78 is 6.13. The highest BCUT2D eigenvalue weighted by molar-refractivity contribution is 6.10. The Balaban J connectivity index is 1.82. The quantitative estimate of drug-likeness (QED) is 0.347. The fraction of sp³-hybridized carbons (Fsp3) is 0.208. The van der Waals surface area contributed by atoms with Crippen LogP contribution in [-0.2, 0) is 4.74 Å². The number of carbonyl (C=O) groups is 2. The number of para-hydroxylation sites is 2. The van der Waals surface area contributed by atoms with Crippen molar-refractivity contribution in [3.05, 3.63) is 65.2 Å². The average molecular weight is 444 g/mol. The zero-order valence-corrected chi connectivity index (χ0v) is 18.6. The van der Waals surface area contributed by atoms with Gasteiger partial charge in [0, 0.05) is 6.04 Å². The molecule has 1 amide bonds. The van der Waals surface area contributed by atoms with Gasteiger partial charge in [0.15, 0.2) is 5.65 Å². The lowest BCUT2D eigenvalue weighted by molar-refractivity contribution is 0.0600. The number of ether oxygens (including phenoxy) is 1. The summed E-state index contributed by atoms with van der Waals surface area (Å²) in [5.41, 5.74) is 9.86. The van der Waals surface area contributed by atoms with Gasteiger partial charge in [-0.25, -0.2) is 14.8 Å². The van der Waals surface area contributed by atoms with Crippen LogP contribution in [0, 0.1) is 0 Å². The fourth-order valence-electron chi connectivity index (χ4n) is 3.33. The second-order valence-electron chi connectivity index (χ2n) is 7.60. The molecule has 3 N–H and O–H groups in total. The first-order valence-electron chi connectivity index (χ1n) is 10.5. The van der Waals surface area contributed by atoms with Crippen LogP contribution in [0.25, 0.3) is 22.2 Å². The summed E-state index contributed by atoms with van der Waals surface area (Å²) in [4.78, 5) is 34.0. The number of rotatable bonds is 6. The van der Waals surface area contributed by atoms with E-state index in [1.54, 1.807) is 30.5 Å². The van der Waals surface area contributed by atoms with Crippen LogP contribution >= 0.6 is 0 Å². The Labute approximate surface area is 190 Å². The van der Waals surface area contributed by atoms with Crippen LogP contribution < -0.4 is 11.1 Å². The highest BCUT2D eigenvalue weighted by atomic mass is 16.5. The topological polar surface area (TPSA) is 124 Å². The van der Waals surface area contributed by atoms with E-state index in [1.165, 1.54) is 11.8 Å². The van der Waals surface area contributed by atoms with Crippen LogP contribution in [0.15, 0.2) is 53.6 Å². The first-order valence-corrected chi connectivity index (χ1v) is 10.5. The smallest absolute Gasteiger partial charge is 0.337 e. The number of benzene rings is 2. The molecule has 0 saturated carbocycles. The van der Waals surface area contributed by atoms with Crippen LogP contribution in [-0.4, -0.2) is 45.9 Å². The molecule has 0 aliphatic rings. The van der Waals surface area contributed by atoms with E-state index >= 15 is 0 Å². The minimum absolute atomic E-state index is 0.0273. The second kappa shape index (κ2) is 9.07. The van der Waals surface area contributed by atoms with Crippen molar-refractivity contribution in [3.8, 4) is 0 Å². The molecule has 1 atom stereocenters. The summed E-state index contributed by atoms with van der Waals surface area (Å²) in [5.74, 6) is -0.602. The minimum atomic E-state index is -0.418. The number of fused-ring (bicyclic) bond motifs is 2. The number of nitrogens with one attached hydrogen (secondary N) is 1. The lowest BCUT2D eigenvalue weighted by Gasteiger charge is -2.11. The summed E-state index contributed by atoms with van der Waals surface area (Å²) in [6.45, 7) is 3.91. The predicted molar refractivity (Wildman–Crippen MR) is 127 cm³/mol. The number of methoxy groups -OCH3 is 1. The van der Waals surface area contributed by atoms with Gasteiger partial charge in [-0.1, -0.05) is 31.2 Å². The van der Waals surface area contributed by atoms with Gasteiger partial charge in [0.05, 0.1) is 29.9 Å². The lowest BCUT2D eigenvalue weighted by Crippen LogP contribution is -2.32. The van der Waals surface area contributed by atoms with E-state index in [4.69, 9.17) is 10.5 Å². The van der Waals surface area contributed by atoms with Crippen LogP contribution in [0.3, 0.4) is 0 Å². The largest absolute Gasteiger partial charge is 0.465 e. The fourth-order valence-corrected chi connectivity index (χ4v) is 3.33. The molecule has 4 rings (SSSR count). The summed E-state index contributed by atoms with van der Waals surface area (Å²) in [6.07, 6.45) is 2.35. The normalized spacial score (nSPS) is 12.3. The Bertz CT molecular complexity index is 1370. The van der Waals surface area contributed by atoms with Gasteiger partial charge in [-0.3, -0.25) is 4.79 Å². The zero-order chi connectivity index (χ0) is 23.5. The van der Waals surface area contributed by atoms with E-state index in [1.807, 2.05) is 38.1 Å². The first kappa shape index (κ1) is 21.9. The summed E-state index contributed by atoms with van der Waals surface area (Å²) >= 11 is 0. The Morgan fingerprint density at radius 3 is 2.45 bits per heavy atom. The number of carbonyl (C=O) groups excluding carboxylic acids is 2. The summed E-state index contributed by atoms with van der Waals surface area (Å²) in [5, 5.41) is 7.42. The summed E-state index contributed by atoms with van der Waals surface area (Å²) in [6, 6.07) is 14.1. The predicted octanol–water partition coefficient (Wildman–Crippen LogP) is 3.36. The van der Waals surface area contributed by atoms with E-state index < -0.39 is 5.97 Å². The molecular formula is C24H24N6O3. The number of hydrogen-bond donors (Lipinski definition) is 2.